The van der Waals surface area contributed by atoms with Crippen molar-refractivity contribution in [3.8, 4) is 5.75 Å². The molecule has 0 aliphatic heterocycles. The Morgan fingerprint density at radius 1 is 1.48 bits per heavy atom. The van der Waals surface area contributed by atoms with E-state index in [2.05, 4.69) is 5.32 Å². The topological polar surface area (TPSA) is 111 Å². The highest BCUT2D eigenvalue weighted by Gasteiger charge is 2.16. The van der Waals surface area contributed by atoms with Gasteiger partial charge in [-0.2, -0.15) is 0 Å². The molecule has 8 heteroatoms. The number of benzene rings is 1. The van der Waals surface area contributed by atoms with Crippen molar-refractivity contribution in [2.75, 3.05) is 25.1 Å². The van der Waals surface area contributed by atoms with Crippen LogP contribution in [0.2, 0.25) is 0 Å². The lowest BCUT2D eigenvalue weighted by Gasteiger charge is -2.12. The third kappa shape index (κ3) is 6.09. The predicted octanol–water partition coefficient (Wildman–Crippen LogP) is 1.90. The standard InChI is InChI=1S/C13H18N2O6/c1-9(2)21-12-7-10(3-4-11(12)15(18)19)14-5-6-20-8-13(16)17/h3-4,7,9,14H,5-6,8H2,1-2H3,(H,16,17). The van der Waals surface area contributed by atoms with Gasteiger partial charge in [0.15, 0.2) is 5.75 Å². The molecule has 0 aromatic heterocycles. The van der Waals surface area contributed by atoms with Crippen LogP contribution in [0.3, 0.4) is 0 Å². The number of nitro benzene ring substituents is 1. The van der Waals surface area contributed by atoms with E-state index in [1.165, 1.54) is 12.1 Å². The number of anilines is 1. The van der Waals surface area contributed by atoms with E-state index in [9.17, 15) is 14.9 Å². The Morgan fingerprint density at radius 3 is 2.76 bits per heavy atom. The van der Waals surface area contributed by atoms with Gasteiger partial charge in [-0.25, -0.2) is 4.79 Å². The summed E-state index contributed by atoms with van der Waals surface area (Å²) in [6.07, 6.45) is -0.183. The molecule has 1 aromatic rings. The van der Waals surface area contributed by atoms with Crippen molar-refractivity contribution in [2.45, 2.75) is 20.0 Å². The van der Waals surface area contributed by atoms with E-state index in [-0.39, 0.29) is 30.8 Å². The number of nitrogens with one attached hydrogen (secondary N) is 1. The number of aliphatic carboxylic acids is 1. The van der Waals surface area contributed by atoms with E-state index in [4.69, 9.17) is 14.6 Å². The number of ether oxygens (including phenoxy) is 2. The van der Waals surface area contributed by atoms with Gasteiger partial charge in [0.1, 0.15) is 6.61 Å². The van der Waals surface area contributed by atoms with E-state index in [1.54, 1.807) is 19.9 Å². The summed E-state index contributed by atoms with van der Waals surface area (Å²) >= 11 is 0. The van der Waals surface area contributed by atoms with Gasteiger partial charge in [-0.15, -0.1) is 0 Å². The van der Waals surface area contributed by atoms with Crippen molar-refractivity contribution in [3.05, 3.63) is 28.3 Å². The summed E-state index contributed by atoms with van der Waals surface area (Å²) in [5.74, 6) is -0.843. The first-order chi connectivity index (χ1) is 9.90. The number of hydrogen-bond donors (Lipinski definition) is 2. The number of nitrogens with zero attached hydrogens (tertiary/aromatic N) is 1. The quantitative estimate of drug-likeness (QED) is 0.407. The van der Waals surface area contributed by atoms with E-state index >= 15 is 0 Å². The van der Waals surface area contributed by atoms with E-state index in [0.717, 1.165) is 0 Å². The molecule has 0 fully saturated rings. The Bertz CT molecular complexity index is 503. The summed E-state index contributed by atoms with van der Waals surface area (Å²) in [5, 5.41) is 22.3. The fourth-order valence-electron chi connectivity index (χ4n) is 1.55. The number of nitro groups is 1. The van der Waals surface area contributed by atoms with Crippen molar-refractivity contribution in [1.29, 1.82) is 0 Å². The van der Waals surface area contributed by atoms with Crippen LogP contribution < -0.4 is 10.1 Å². The lowest BCUT2D eigenvalue weighted by atomic mass is 10.2. The Morgan fingerprint density at radius 2 is 2.19 bits per heavy atom. The van der Waals surface area contributed by atoms with Gasteiger partial charge < -0.3 is 19.9 Å². The Hall–Kier alpha value is -2.35. The molecule has 1 rings (SSSR count). The van der Waals surface area contributed by atoms with E-state index < -0.39 is 10.9 Å². The highest BCUT2D eigenvalue weighted by Crippen LogP contribution is 2.30. The zero-order valence-corrected chi connectivity index (χ0v) is 11.9. The minimum Gasteiger partial charge on any atom is -0.484 e. The molecule has 0 atom stereocenters. The molecule has 0 aliphatic rings. The first kappa shape index (κ1) is 16.7. The van der Waals surface area contributed by atoms with Gasteiger partial charge in [-0.3, -0.25) is 10.1 Å². The van der Waals surface area contributed by atoms with Crippen molar-refractivity contribution in [3.63, 3.8) is 0 Å². The molecule has 0 bridgehead atoms. The molecule has 0 saturated carbocycles. The molecular formula is C13H18N2O6. The highest BCUT2D eigenvalue weighted by molar-refractivity contribution is 5.68. The fraction of sp³-hybridized carbons (Fsp3) is 0.462. The van der Waals surface area contributed by atoms with Crippen LogP contribution in [0.15, 0.2) is 18.2 Å². The summed E-state index contributed by atoms with van der Waals surface area (Å²) in [4.78, 5) is 20.7. The van der Waals surface area contributed by atoms with Crippen LogP contribution in [0.25, 0.3) is 0 Å². The first-order valence-corrected chi connectivity index (χ1v) is 6.38. The lowest BCUT2D eigenvalue weighted by Crippen LogP contribution is -2.14. The second-order valence-electron chi connectivity index (χ2n) is 4.48. The fourth-order valence-corrected chi connectivity index (χ4v) is 1.55. The van der Waals surface area contributed by atoms with Crippen molar-refractivity contribution in [2.24, 2.45) is 0 Å². The van der Waals surface area contributed by atoms with Crippen LogP contribution in [0.1, 0.15) is 13.8 Å². The normalized spacial score (nSPS) is 10.4. The smallest absolute Gasteiger partial charge is 0.329 e. The molecule has 2 N–H and O–H groups in total. The highest BCUT2D eigenvalue weighted by atomic mass is 16.6. The van der Waals surface area contributed by atoms with Gasteiger partial charge in [0, 0.05) is 24.4 Å². The largest absolute Gasteiger partial charge is 0.484 e. The molecule has 1 aromatic carbocycles. The van der Waals surface area contributed by atoms with Gasteiger partial charge in [0.25, 0.3) is 0 Å². The van der Waals surface area contributed by atoms with Crippen LogP contribution in [0.5, 0.6) is 5.75 Å². The zero-order chi connectivity index (χ0) is 15.8. The van der Waals surface area contributed by atoms with Gasteiger partial charge in [0.2, 0.25) is 0 Å². The number of rotatable bonds is 9. The van der Waals surface area contributed by atoms with Crippen LogP contribution in [0.4, 0.5) is 11.4 Å². The van der Waals surface area contributed by atoms with E-state index in [1.807, 2.05) is 0 Å². The second-order valence-corrected chi connectivity index (χ2v) is 4.48. The summed E-state index contributed by atoms with van der Waals surface area (Å²) < 4.78 is 10.3. The average Bonchev–Trinajstić information content (AvgIpc) is 2.37. The van der Waals surface area contributed by atoms with Crippen molar-refractivity contribution < 1.29 is 24.3 Å². The molecule has 0 radical (unpaired) electrons. The molecule has 21 heavy (non-hydrogen) atoms. The summed E-state index contributed by atoms with van der Waals surface area (Å²) in [7, 11) is 0. The average molecular weight is 298 g/mol. The van der Waals surface area contributed by atoms with Crippen molar-refractivity contribution in [1.82, 2.24) is 0 Å². The van der Waals surface area contributed by atoms with Gasteiger partial charge in [-0.1, -0.05) is 0 Å². The Labute approximate surface area is 121 Å². The van der Waals surface area contributed by atoms with Crippen LogP contribution in [-0.4, -0.2) is 41.9 Å². The minimum atomic E-state index is -1.03. The molecule has 0 unspecified atom stereocenters. The van der Waals surface area contributed by atoms with Crippen LogP contribution in [0, 0.1) is 10.1 Å². The summed E-state index contributed by atoms with van der Waals surface area (Å²) in [6, 6.07) is 4.45. The molecule has 0 spiro atoms. The number of carbonyl (C=O) groups is 1. The molecular weight excluding hydrogens is 280 g/mol. The number of hydrogen-bond acceptors (Lipinski definition) is 6. The Kier molecular flexibility index (Phi) is 6.41. The number of carboxylic acid groups (broad SMARTS) is 1. The van der Waals surface area contributed by atoms with E-state index in [0.29, 0.717) is 12.2 Å². The summed E-state index contributed by atoms with van der Waals surface area (Å²) in [5.41, 5.74) is 0.534. The Balaban J connectivity index is 2.63. The molecule has 0 amide bonds. The zero-order valence-electron chi connectivity index (χ0n) is 11.9. The lowest BCUT2D eigenvalue weighted by molar-refractivity contribution is -0.386. The van der Waals surface area contributed by atoms with Gasteiger partial charge in [0.05, 0.1) is 17.6 Å². The molecule has 8 nitrogen and oxygen atoms in total. The molecule has 0 saturated heterocycles. The van der Waals surface area contributed by atoms with Crippen molar-refractivity contribution >= 4 is 17.3 Å². The second kappa shape index (κ2) is 8.05. The molecule has 0 heterocycles. The summed E-state index contributed by atoms with van der Waals surface area (Å²) in [6.45, 7) is 3.80. The maximum Gasteiger partial charge on any atom is 0.329 e. The van der Waals surface area contributed by atoms with Gasteiger partial charge >= 0.3 is 11.7 Å². The first-order valence-electron chi connectivity index (χ1n) is 6.38. The third-order valence-electron chi connectivity index (χ3n) is 2.32. The maximum absolute atomic E-state index is 10.9. The molecule has 0 aliphatic carbocycles. The molecule has 116 valence electrons. The minimum absolute atomic E-state index is 0.101. The van der Waals surface area contributed by atoms with Crippen LogP contribution in [-0.2, 0) is 9.53 Å². The number of carboxylic acids is 1. The third-order valence-corrected chi connectivity index (χ3v) is 2.32. The monoisotopic (exact) mass is 298 g/mol. The SMILES string of the molecule is CC(C)Oc1cc(NCCOCC(=O)O)ccc1[N+](=O)[O-]. The van der Waals surface area contributed by atoms with Crippen LogP contribution >= 0.6 is 0 Å². The predicted molar refractivity (Wildman–Crippen MR) is 75.8 cm³/mol. The maximum atomic E-state index is 10.9. The van der Waals surface area contributed by atoms with Gasteiger partial charge in [-0.05, 0) is 19.9 Å².